The summed E-state index contributed by atoms with van der Waals surface area (Å²) in [6.07, 6.45) is 3.47. The summed E-state index contributed by atoms with van der Waals surface area (Å²) < 4.78 is 6.32. The Morgan fingerprint density at radius 1 is 1.43 bits per heavy atom. The highest BCUT2D eigenvalue weighted by Gasteiger charge is 2.12. The highest BCUT2D eigenvalue weighted by Crippen LogP contribution is 2.33. The number of aryl methyl sites for hydroxylation is 1. The second-order valence-corrected chi connectivity index (χ2v) is 6.29. The van der Waals surface area contributed by atoms with E-state index in [1.54, 1.807) is 7.05 Å². The van der Waals surface area contributed by atoms with Crippen molar-refractivity contribution < 1.29 is 14.3 Å². The highest BCUT2D eigenvalue weighted by molar-refractivity contribution is 7.21. The molecule has 7 nitrogen and oxygen atoms in total. The van der Waals surface area contributed by atoms with Crippen molar-refractivity contribution in [2.45, 2.75) is 13.8 Å². The van der Waals surface area contributed by atoms with Crippen molar-refractivity contribution in [3.63, 3.8) is 0 Å². The van der Waals surface area contributed by atoms with Gasteiger partial charge in [0.1, 0.15) is 4.83 Å². The van der Waals surface area contributed by atoms with Crippen molar-refractivity contribution in [2.75, 3.05) is 5.73 Å². The highest BCUT2D eigenvalue weighted by atomic mass is 32.1. The van der Waals surface area contributed by atoms with Gasteiger partial charge >= 0.3 is 5.88 Å². The van der Waals surface area contributed by atoms with Crippen LogP contribution in [0.25, 0.3) is 16.3 Å². The second-order valence-electron chi connectivity index (χ2n) is 5.29. The molecule has 0 radical (unpaired) electrons. The summed E-state index contributed by atoms with van der Waals surface area (Å²) in [5.74, 6) is -0.335. The summed E-state index contributed by atoms with van der Waals surface area (Å²) in [5.41, 5.74) is 8.44. The minimum absolute atomic E-state index is 0.132. The van der Waals surface area contributed by atoms with Gasteiger partial charge in [-0.25, -0.2) is 9.98 Å². The zero-order valence-electron chi connectivity index (χ0n) is 12.9. The van der Waals surface area contributed by atoms with E-state index < -0.39 is 5.90 Å². The van der Waals surface area contributed by atoms with Gasteiger partial charge in [0.2, 0.25) is 0 Å². The number of rotatable bonds is 3. The molecule has 0 bridgehead atoms. The number of aromatic nitrogens is 3. The molecule has 0 aliphatic heterocycles. The van der Waals surface area contributed by atoms with E-state index >= 15 is 0 Å². The fourth-order valence-electron chi connectivity index (χ4n) is 2.06. The zero-order valence-corrected chi connectivity index (χ0v) is 13.7. The number of hydrogen-bond donors (Lipinski definition) is 1. The van der Waals surface area contributed by atoms with Gasteiger partial charge in [-0.15, -0.1) is 11.3 Å². The lowest BCUT2D eigenvalue weighted by molar-refractivity contribution is -0.739. The first kappa shape index (κ1) is 15.2. The van der Waals surface area contributed by atoms with E-state index in [2.05, 4.69) is 15.2 Å². The van der Waals surface area contributed by atoms with E-state index in [1.807, 2.05) is 32.1 Å². The third-order valence-corrected chi connectivity index (χ3v) is 4.12. The van der Waals surface area contributed by atoms with Crippen LogP contribution in [-0.4, -0.2) is 16.2 Å². The summed E-state index contributed by atoms with van der Waals surface area (Å²) in [4.78, 5) is 9.45. The molecule has 8 heteroatoms. The zero-order chi connectivity index (χ0) is 16.6. The van der Waals surface area contributed by atoms with Gasteiger partial charge < -0.3 is 10.8 Å². The minimum atomic E-state index is -0.467. The molecule has 3 aromatic rings. The van der Waals surface area contributed by atoms with Crippen LogP contribution in [0.4, 0.5) is 11.6 Å². The number of hydrogen-bond acceptors (Lipinski definition) is 7. The Balaban J connectivity index is 2.06. The van der Waals surface area contributed by atoms with Crippen LogP contribution in [-0.2, 0) is 7.05 Å². The van der Waals surface area contributed by atoms with Crippen LogP contribution in [0.2, 0.25) is 0 Å². The molecule has 23 heavy (non-hydrogen) atoms. The molecular formula is C15H15N5O2S. The third-order valence-electron chi connectivity index (χ3n) is 3.02. The largest absolute Gasteiger partial charge is 0.857 e. The quantitative estimate of drug-likeness (QED) is 0.446. The molecule has 0 aliphatic carbocycles. The lowest BCUT2D eigenvalue weighted by atomic mass is 10.2. The Bertz CT molecular complexity index is 935. The fraction of sp³-hybridized carbons (Fsp3) is 0.200. The van der Waals surface area contributed by atoms with Crippen LogP contribution in [0.15, 0.2) is 33.4 Å². The van der Waals surface area contributed by atoms with Gasteiger partial charge in [-0.3, -0.25) is 4.52 Å². The number of nitrogen functional groups attached to an aromatic ring is 1. The molecule has 118 valence electrons. The molecule has 0 amide bonds. The molecule has 0 aromatic carbocycles. The van der Waals surface area contributed by atoms with Gasteiger partial charge in [-0.1, -0.05) is 10.3 Å². The standard InChI is InChI=1S/C15H15N5O2S/c1-8(2)6-9-4-5-10-12(16)13(23-15(10)17-9)14(21)18-11-7-20(3)19-22-11/h4-7H,1-3H3,(H2-,16,18,19,21). The molecule has 0 aliphatic rings. The number of allylic oxidation sites excluding steroid dienone is 1. The average molecular weight is 329 g/mol. The number of nitrogens with zero attached hydrogens (tertiary/aromatic N) is 4. The molecule has 0 fully saturated rings. The number of thiophene rings is 1. The van der Waals surface area contributed by atoms with E-state index in [0.29, 0.717) is 15.4 Å². The van der Waals surface area contributed by atoms with Crippen molar-refractivity contribution in [2.24, 2.45) is 12.0 Å². The maximum Gasteiger partial charge on any atom is 0.320 e. The normalized spacial score (nSPS) is 11.9. The number of pyridine rings is 1. The summed E-state index contributed by atoms with van der Waals surface area (Å²) in [5, 5.41) is 16.7. The van der Waals surface area contributed by atoms with Crippen LogP contribution in [0.3, 0.4) is 0 Å². The van der Waals surface area contributed by atoms with Crippen LogP contribution in [0.1, 0.15) is 24.4 Å². The lowest BCUT2D eigenvalue weighted by Gasteiger charge is -2.06. The predicted molar refractivity (Wildman–Crippen MR) is 87.2 cm³/mol. The summed E-state index contributed by atoms with van der Waals surface area (Å²) in [6.45, 7) is 4.00. The maximum absolute atomic E-state index is 12.3. The Kier molecular flexibility index (Phi) is 3.83. The third kappa shape index (κ3) is 3.07. The first-order valence-corrected chi connectivity index (χ1v) is 7.68. The van der Waals surface area contributed by atoms with Gasteiger partial charge in [-0.05, 0) is 32.1 Å². The monoisotopic (exact) mass is 329 g/mol. The molecule has 3 rings (SSSR count). The van der Waals surface area contributed by atoms with Crippen LogP contribution in [0, 0.1) is 0 Å². The smallest absolute Gasteiger partial charge is 0.320 e. The Hall–Kier alpha value is -2.74. The molecule has 2 N–H and O–H groups in total. The summed E-state index contributed by atoms with van der Waals surface area (Å²) in [6, 6.07) is 3.74. The molecule has 3 heterocycles. The maximum atomic E-state index is 12.3. The average Bonchev–Trinajstić information content (AvgIpc) is 3.02. The van der Waals surface area contributed by atoms with E-state index in [0.717, 1.165) is 16.7 Å². The van der Waals surface area contributed by atoms with Crippen molar-refractivity contribution in [1.82, 2.24) is 10.3 Å². The van der Waals surface area contributed by atoms with E-state index in [9.17, 15) is 5.11 Å². The van der Waals surface area contributed by atoms with Gasteiger partial charge in [-0.2, -0.15) is 0 Å². The van der Waals surface area contributed by atoms with Crippen molar-refractivity contribution >= 4 is 45.1 Å². The first-order chi connectivity index (χ1) is 10.9. The first-order valence-electron chi connectivity index (χ1n) is 6.86. The molecular weight excluding hydrogens is 314 g/mol. The van der Waals surface area contributed by atoms with E-state index in [-0.39, 0.29) is 5.88 Å². The SMILES string of the molecule is CC(C)=Cc1ccc2c(N)c(/C([O-])=N/c3c[n+](C)no3)sc2n1. The molecule has 0 spiro atoms. The Morgan fingerprint density at radius 3 is 2.87 bits per heavy atom. The number of aliphatic imine (C=N–C) groups is 1. The molecule has 0 atom stereocenters. The lowest BCUT2D eigenvalue weighted by Crippen LogP contribution is -2.27. The van der Waals surface area contributed by atoms with E-state index in [1.165, 1.54) is 22.2 Å². The van der Waals surface area contributed by atoms with E-state index in [4.69, 9.17) is 10.3 Å². The van der Waals surface area contributed by atoms with Crippen molar-refractivity contribution in [3.05, 3.63) is 34.5 Å². The Morgan fingerprint density at radius 2 is 2.22 bits per heavy atom. The molecule has 0 saturated carbocycles. The Labute approximate surface area is 136 Å². The number of anilines is 1. The molecule has 0 saturated heterocycles. The second kappa shape index (κ2) is 5.81. The van der Waals surface area contributed by atoms with Gasteiger partial charge in [0.15, 0.2) is 12.3 Å². The van der Waals surface area contributed by atoms with Crippen LogP contribution in [0.5, 0.6) is 0 Å². The number of fused-ring (bicyclic) bond motifs is 1. The van der Waals surface area contributed by atoms with Gasteiger partial charge in [0.05, 0.1) is 16.3 Å². The minimum Gasteiger partial charge on any atom is -0.857 e. The molecule has 0 unspecified atom stereocenters. The van der Waals surface area contributed by atoms with Crippen LogP contribution >= 0.6 is 11.3 Å². The van der Waals surface area contributed by atoms with Gasteiger partial charge in [0, 0.05) is 11.3 Å². The van der Waals surface area contributed by atoms with Crippen molar-refractivity contribution in [3.8, 4) is 0 Å². The summed E-state index contributed by atoms with van der Waals surface area (Å²) in [7, 11) is 1.68. The molecule has 3 aromatic heterocycles. The van der Waals surface area contributed by atoms with Crippen LogP contribution < -0.4 is 15.5 Å². The number of nitrogens with two attached hydrogens (primary N) is 1. The van der Waals surface area contributed by atoms with Crippen molar-refractivity contribution in [1.29, 1.82) is 0 Å². The topological polar surface area (TPSA) is 104 Å². The predicted octanol–water partition coefficient (Wildman–Crippen LogP) is 1.55. The van der Waals surface area contributed by atoms with Gasteiger partial charge in [0.25, 0.3) is 6.20 Å². The summed E-state index contributed by atoms with van der Waals surface area (Å²) >= 11 is 1.22. The fourth-order valence-corrected chi connectivity index (χ4v) is 3.05.